The van der Waals surface area contributed by atoms with Gasteiger partial charge in [0, 0.05) is 16.2 Å². The second-order valence-electron chi connectivity index (χ2n) is 4.14. The molecule has 0 saturated carbocycles. The van der Waals surface area contributed by atoms with Gasteiger partial charge in [-0.15, -0.1) is 10.2 Å². The first kappa shape index (κ1) is 11.2. The number of nitrogens with zero attached hydrogens (tertiary/aromatic N) is 3. The lowest BCUT2D eigenvalue weighted by Crippen LogP contribution is -1.96. The average Bonchev–Trinajstić information content (AvgIpc) is 2.79. The number of rotatable bonds is 1. The summed E-state index contributed by atoms with van der Waals surface area (Å²) in [5, 5.41) is 8.37. The Kier molecular flexibility index (Phi) is 2.56. The number of benzene rings is 1. The summed E-state index contributed by atoms with van der Waals surface area (Å²) in [7, 11) is 0. The van der Waals surface area contributed by atoms with E-state index in [-0.39, 0.29) is 0 Å². The maximum absolute atomic E-state index is 6.00. The van der Waals surface area contributed by atoms with Crippen LogP contribution in [0, 0.1) is 6.92 Å². The van der Waals surface area contributed by atoms with E-state index in [1.807, 2.05) is 47.9 Å². The monoisotopic (exact) mass is 302 g/mol. The van der Waals surface area contributed by atoms with Crippen molar-refractivity contribution in [2.45, 2.75) is 6.92 Å². The normalized spacial score (nSPS) is 11.0. The smallest absolute Gasteiger partial charge is 0.184 e. The van der Waals surface area contributed by atoms with Gasteiger partial charge in [-0.2, -0.15) is 0 Å². The van der Waals surface area contributed by atoms with Crippen molar-refractivity contribution in [1.29, 1.82) is 0 Å². The molecule has 0 unspecified atom stereocenters. The topological polar surface area (TPSA) is 56.2 Å². The molecule has 0 amide bonds. The minimum atomic E-state index is 0.674. The minimum absolute atomic E-state index is 0.674. The number of nitrogen functional groups attached to an aromatic ring is 1. The number of anilines is 1. The number of nitrogens with two attached hydrogens (primary N) is 1. The van der Waals surface area contributed by atoms with E-state index in [1.165, 1.54) is 0 Å². The van der Waals surface area contributed by atoms with Crippen LogP contribution in [0.25, 0.3) is 17.0 Å². The number of hydrogen-bond donors (Lipinski definition) is 1. The second-order valence-corrected chi connectivity index (χ2v) is 5.05. The summed E-state index contributed by atoms with van der Waals surface area (Å²) in [6.45, 7) is 1.96. The molecule has 0 saturated heterocycles. The minimum Gasteiger partial charge on any atom is -0.395 e. The van der Waals surface area contributed by atoms with E-state index >= 15 is 0 Å². The summed E-state index contributed by atoms with van der Waals surface area (Å²) in [6, 6.07) is 9.92. The summed E-state index contributed by atoms with van der Waals surface area (Å²) in [5.74, 6) is 0.796. The van der Waals surface area contributed by atoms with Crippen LogP contribution in [0.5, 0.6) is 0 Å². The van der Waals surface area contributed by atoms with Gasteiger partial charge in [-0.25, -0.2) is 0 Å². The van der Waals surface area contributed by atoms with Gasteiger partial charge >= 0.3 is 0 Å². The molecule has 90 valence electrons. The van der Waals surface area contributed by atoms with E-state index in [1.54, 1.807) is 0 Å². The third kappa shape index (κ3) is 1.67. The van der Waals surface area contributed by atoms with E-state index in [2.05, 4.69) is 26.1 Å². The average molecular weight is 303 g/mol. The van der Waals surface area contributed by atoms with Gasteiger partial charge in [-0.1, -0.05) is 28.1 Å². The number of fused-ring (bicyclic) bond motifs is 1. The Morgan fingerprint density at radius 3 is 2.56 bits per heavy atom. The molecule has 0 radical (unpaired) electrons. The van der Waals surface area contributed by atoms with Crippen LogP contribution in [-0.2, 0) is 0 Å². The van der Waals surface area contributed by atoms with E-state index in [4.69, 9.17) is 5.73 Å². The van der Waals surface area contributed by atoms with Gasteiger partial charge < -0.3 is 5.73 Å². The fourth-order valence-electron chi connectivity index (χ4n) is 1.86. The Morgan fingerprint density at radius 2 is 1.83 bits per heavy atom. The summed E-state index contributed by atoms with van der Waals surface area (Å²) in [4.78, 5) is 0. The van der Waals surface area contributed by atoms with Crippen LogP contribution in [0.2, 0.25) is 0 Å². The predicted octanol–water partition coefficient (Wildman–Crippen LogP) is 3.05. The molecule has 0 bridgehead atoms. The Balaban J connectivity index is 2.25. The zero-order chi connectivity index (χ0) is 12.7. The van der Waals surface area contributed by atoms with Crippen molar-refractivity contribution in [3.8, 4) is 11.4 Å². The molecule has 3 rings (SSSR count). The Labute approximate surface area is 113 Å². The van der Waals surface area contributed by atoms with E-state index in [0.717, 1.165) is 21.4 Å². The van der Waals surface area contributed by atoms with Crippen LogP contribution in [0.1, 0.15) is 5.56 Å². The zero-order valence-corrected chi connectivity index (χ0v) is 11.3. The Bertz CT molecular complexity index is 716. The summed E-state index contributed by atoms with van der Waals surface area (Å²) < 4.78 is 2.95. The molecule has 4 nitrogen and oxygen atoms in total. The number of halogens is 1. The fourth-order valence-corrected chi connectivity index (χ4v) is 2.13. The molecule has 0 aliphatic carbocycles. The number of pyridine rings is 1. The third-order valence-corrected chi connectivity index (χ3v) is 3.47. The quantitative estimate of drug-likeness (QED) is 0.751. The first-order chi connectivity index (χ1) is 8.66. The molecule has 2 N–H and O–H groups in total. The summed E-state index contributed by atoms with van der Waals surface area (Å²) in [5.41, 5.74) is 9.40. The molecule has 5 heteroatoms. The fraction of sp³-hybridized carbons (Fsp3) is 0.0769. The third-order valence-electron chi connectivity index (χ3n) is 2.94. The van der Waals surface area contributed by atoms with Crippen molar-refractivity contribution in [2.24, 2.45) is 0 Å². The molecular weight excluding hydrogens is 292 g/mol. The van der Waals surface area contributed by atoms with Crippen molar-refractivity contribution < 1.29 is 0 Å². The van der Waals surface area contributed by atoms with Gasteiger partial charge in [0.15, 0.2) is 11.5 Å². The van der Waals surface area contributed by atoms with Gasteiger partial charge in [-0.05, 0) is 30.7 Å². The van der Waals surface area contributed by atoms with E-state index < -0.39 is 0 Å². The molecule has 1 aromatic carbocycles. The van der Waals surface area contributed by atoms with Crippen LogP contribution < -0.4 is 5.73 Å². The SMILES string of the molecule is Cc1ccn2c(-c3ccc(Br)cc3)nnc2c1N. The molecule has 0 aliphatic heterocycles. The van der Waals surface area contributed by atoms with Crippen molar-refractivity contribution in [1.82, 2.24) is 14.6 Å². The lowest BCUT2D eigenvalue weighted by Gasteiger charge is -2.03. The van der Waals surface area contributed by atoms with Gasteiger partial charge in [0.2, 0.25) is 0 Å². The van der Waals surface area contributed by atoms with Crippen molar-refractivity contribution in [3.05, 3.63) is 46.6 Å². The second kappa shape index (κ2) is 4.10. The van der Waals surface area contributed by atoms with Gasteiger partial charge in [0.05, 0.1) is 5.69 Å². The van der Waals surface area contributed by atoms with Crippen LogP contribution in [-0.4, -0.2) is 14.6 Å². The molecule has 2 heterocycles. The van der Waals surface area contributed by atoms with Crippen LogP contribution in [0.4, 0.5) is 5.69 Å². The van der Waals surface area contributed by atoms with Crippen LogP contribution >= 0.6 is 15.9 Å². The summed E-state index contributed by atoms with van der Waals surface area (Å²) >= 11 is 3.42. The van der Waals surface area contributed by atoms with Gasteiger partial charge in [0.25, 0.3) is 0 Å². The highest BCUT2D eigenvalue weighted by Gasteiger charge is 2.10. The zero-order valence-electron chi connectivity index (χ0n) is 9.76. The Hall–Kier alpha value is -1.88. The number of aryl methyl sites for hydroxylation is 1. The molecule has 0 spiro atoms. The molecular formula is C13H11BrN4. The number of aromatic nitrogens is 3. The molecule has 3 aromatic rings. The molecule has 0 aliphatic rings. The summed E-state index contributed by atoms with van der Waals surface area (Å²) in [6.07, 6.45) is 1.94. The van der Waals surface area contributed by atoms with Crippen LogP contribution in [0.15, 0.2) is 41.0 Å². The van der Waals surface area contributed by atoms with Gasteiger partial charge in [-0.3, -0.25) is 4.40 Å². The van der Waals surface area contributed by atoms with Gasteiger partial charge in [0.1, 0.15) is 0 Å². The van der Waals surface area contributed by atoms with E-state index in [9.17, 15) is 0 Å². The maximum atomic E-state index is 6.00. The first-order valence-corrected chi connectivity index (χ1v) is 6.32. The molecule has 0 atom stereocenters. The first-order valence-electron chi connectivity index (χ1n) is 5.52. The molecule has 18 heavy (non-hydrogen) atoms. The molecule has 0 fully saturated rings. The number of hydrogen-bond acceptors (Lipinski definition) is 3. The lowest BCUT2D eigenvalue weighted by atomic mass is 10.2. The standard InChI is InChI=1S/C13H11BrN4/c1-8-6-7-18-12(16-17-13(18)11(8)15)9-2-4-10(14)5-3-9/h2-7H,15H2,1H3. The predicted molar refractivity (Wildman–Crippen MR) is 75.3 cm³/mol. The maximum Gasteiger partial charge on any atom is 0.184 e. The molecule has 2 aromatic heterocycles. The largest absolute Gasteiger partial charge is 0.395 e. The van der Waals surface area contributed by atoms with Crippen molar-refractivity contribution in [2.75, 3.05) is 5.73 Å². The van der Waals surface area contributed by atoms with Crippen molar-refractivity contribution in [3.63, 3.8) is 0 Å². The highest BCUT2D eigenvalue weighted by molar-refractivity contribution is 9.10. The highest BCUT2D eigenvalue weighted by Crippen LogP contribution is 2.24. The highest BCUT2D eigenvalue weighted by atomic mass is 79.9. The van der Waals surface area contributed by atoms with Crippen molar-refractivity contribution >= 4 is 27.3 Å². The van der Waals surface area contributed by atoms with E-state index in [0.29, 0.717) is 11.3 Å². The van der Waals surface area contributed by atoms with Crippen LogP contribution in [0.3, 0.4) is 0 Å². The lowest BCUT2D eigenvalue weighted by molar-refractivity contribution is 1.11. The Morgan fingerprint density at radius 1 is 1.11 bits per heavy atom.